The topological polar surface area (TPSA) is 67.4 Å². The first-order chi connectivity index (χ1) is 9.11. The van der Waals surface area contributed by atoms with E-state index in [1.807, 2.05) is 0 Å². The van der Waals surface area contributed by atoms with E-state index in [-0.39, 0.29) is 18.4 Å². The molecule has 0 atom stereocenters. The first kappa shape index (κ1) is 16.0. The summed E-state index contributed by atoms with van der Waals surface area (Å²) >= 11 is 0. The zero-order valence-electron chi connectivity index (χ0n) is 12.0. The standard InChI is InChI=1S/C14H26N2O3/c1-3-19-14(18)8-9-15-10-13(17)16-12-6-4-11(2)5-7-12/h11-12,15H,3-10H2,1-2H3,(H,16,17). The normalized spacial score (nSPS) is 22.8. The first-order valence-electron chi connectivity index (χ1n) is 7.27. The lowest BCUT2D eigenvalue weighted by molar-refractivity contribution is -0.143. The van der Waals surface area contributed by atoms with Crippen molar-refractivity contribution < 1.29 is 14.3 Å². The SMILES string of the molecule is CCOC(=O)CCNCC(=O)NC1CCC(C)CC1. The Hall–Kier alpha value is -1.10. The Morgan fingerprint density at radius 1 is 1.21 bits per heavy atom. The summed E-state index contributed by atoms with van der Waals surface area (Å²) in [7, 11) is 0. The molecule has 0 unspecified atom stereocenters. The molecule has 0 saturated heterocycles. The maximum Gasteiger partial charge on any atom is 0.307 e. The molecule has 0 radical (unpaired) electrons. The molecule has 0 aromatic rings. The van der Waals surface area contributed by atoms with Crippen molar-refractivity contribution in [1.82, 2.24) is 10.6 Å². The molecule has 1 amide bonds. The largest absolute Gasteiger partial charge is 0.466 e. The van der Waals surface area contributed by atoms with Crippen LogP contribution < -0.4 is 10.6 Å². The van der Waals surface area contributed by atoms with Crippen LogP contribution in [0.25, 0.3) is 0 Å². The summed E-state index contributed by atoms with van der Waals surface area (Å²) < 4.78 is 4.80. The van der Waals surface area contributed by atoms with Crippen molar-refractivity contribution in [3.63, 3.8) is 0 Å². The van der Waals surface area contributed by atoms with Crippen molar-refractivity contribution in [2.45, 2.75) is 52.0 Å². The minimum atomic E-state index is -0.225. The van der Waals surface area contributed by atoms with E-state index in [9.17, 15) is 9.59 Å². The summed E-state index contributed by atoms with van der Waals surface area (Å²) in [6, 6.07) is 0.329. The second-order valence-corrected chi connectivity index (χ2v) is 5.26. The lowest BCUT2D eigenvalue weighted by Crippen LogP contribution is -2.42. The molecule has 0 spiro atoms. The van der Waals surface area contributed by atoms with Gasteiger partial charge in [0, 0.05) is 12.6 Å². The number of carbonyl (C=O) groups is 2. The molecule has 1 fully saturated rings. The highest BCUT2D eigenvalue weighted by Crippen LogP contribution is 2.23. The van der Waals surface area contributed by atoms with Gasteiger partial charge in [-0.3, -0.25) is 9.59 Å². The molecule has 19 heavy (non-hydrogen) atoms. The number of nitrogens with one attached hydrogen (secondary N) is 2. The summed E-state index contributed by atoms with van der Waals surface area (Å²) in [4.78, 5) is 22.7. The number of carbonyl (C=O) groups excluding carboxylic acids is 2. The molecule has 1 aliphatic carbocycles. The zero-order chi connectivity index (χ0) is 14.1. The molecule has 5 nitrogen and oxygen atoms in total. The minimum Gasteiger partial charge on any atom is -0.466 e. The van der Waals surface area contributed by atoms with Crippen LogP contribution in [0.4, 0.5) is 0 Å². The first-order valence-corrected chi connectivity index (χ1v) is 7.27. The molecule has 5 heteroatoms. The lowest BCUT2D eigenvalue weighted by Gasteiger charge is -2.26. The Morgan fingerprint density at radius 2 is 1.89 bits per heavy atom. The predicted molar refractivity (Wildman–Crippen MR) is 73.7 cm³/mol. The third kappa shape index (κ3) is 7.15. The molecule has 0 heterocycles. The smallest absolute Gasteiger partial charge is 0.307 e. The fourth-order valence-corrected chi connectivity index (χ4v) is 2.31. The number of hydrogen-bond acceptors (Lipinski definition) is 4. The van der Waals surface area contributed by atoms with Gasteiger partial charge in [-0.2, -0.15) is 0 Å². The molecule has 0 aromatic heterocycles. The van der Waals surface area contributed by atoms with Crippen molar-refractivity contribution in [2.24, 2.45) is 5.92 Å². The van der Waals surface area contributed by atoms with Crippen molar-refractivity contribution in [1.29, 1.82) is 0 Å². The van der Waals surface area contributed by atoms with Crippen LogP contribution in [0.15, 0.2) is 0 Å². The van der Waals surface area contributed by atoms with Gasteiger partial charge in [-0.25, -0.2) is 0 Å². The van der Waals surface area contributed by atoms with Gasteiger partial charge in [0.05, 0.1) is 19.6 Å². The molecule has 110 valence electrons. The Kier molecular flexibility index (Phi) is 7.48. The molecule has 1 rings (SSSR count). The van der Waals surface area contributed by atoms with E-state index in [4.69, 9.17) is 4.74 Å². The summed E-state index contributed by atoms with van der Waals surface area (Å²) in [5, 5.41) is 6.00. The Bertz CT molecular complexity index is 286. The van der Waals surface area contributed by atoms with Crippen LogP contribution in [-0.2, 0) is 14.3 Å². The highest BCUT2D eigenvalue weighted by atomic mass is 16.5. The van der Waals surface area contributed by atoms with E-state index in [0.717, 1.165) is 18.8 Å². The molecular weight excluding hydrogens is 244 g/mol. The average molecular weight is 270 g/mol. The predicted octanol–water partition coefficient (Wildman–Crippen LogP) is 1.22. The van der Waals surface area contributed by atoms with Crippen LogP contribution in [0.3, 0.4) is 0 Å². The fraction of sp³-hybridized carbons (Fsp3) is 0.857. The fourth-order valence-electron chi connectivity index (χ4n) is 2.31. The summed E-state index contributed by atoms with van der Waals surface area (Å²) in [6.45, 7) is 5.19. The van der Waals surface area contributed by atoms with Gasteiger partial charge in [-0.05, 0) is 38.5 Å². The summed E-state index contributed by atoms with van der Waals surface area (Å²) in [5.74, 6) is 0.580. The van der Waals surface area contributed by atoms with Crippen LogP contribution in [-0.4, -0.2) is 37.6 Å². The van der Waals surface area contributed by atoms with Gasteiger partial charge in [-0.15, -0.1) is 0 Å². The third-order valence-corrected chi connectivity index (χ3v) is 3.48. The zero-order valence-corrected chi connectivity index (χ0v) is 12.0. The second-order valence-electron chi connectivity index (χ2n) is 5.26. The molecule has 0 aromatic carbocycles. The van der Waals surface area contributed by atoms with E-state index in [1.165, 1.54) is 12.8 Å². The second kappa shape index (κ2) is 8.91. The Balaban J connectivity index is 2.03. The maximum absolute atomic E-state index is 11.7. The maximum atomic E-state index is 11.7. The molecule has 1 saturated carbocycles. The van der Waals surface area contributed by atoms with E-state index >= 15 is 0 Å². The molecule has 2 N–H and O–H groups in total. The molecular formula is C14H26N2O3. The van der Waals surface area contributed by atoms with Crippen molar-refractivity contribution in [3.8, 4) is 0 Å². The van der Waals surface area contributed by atoms with Crippen molar-refractivity contribution in [2.75, 3.05) is 19.7 Å². The Labute approximate surface area is 115 Å². The quantitative estimate of drug-likeness (QED) is 0.539. The van der Waals surface area contributed by atoms with Crippen LogP contribution in [0.5, 0.6) is 0 Å². The van der Waals surface area contributed by atoms with Gasteiger partial charge in [-0.1, -0.05) is 6.92 Å². The summed E-state index contributed by atoms with van der Waals surface area (Å²) in [6.07, 6.45) is 4.86. The van der Waals surface area contributed by atoms with E-state index < -0.39 is 0 Å². The van der Waals surface area contributed by atoms with Gasteiger partial charge in [0.15, 0.2) is 0 Å². The molecule has 0 aliphatic heterocycles. The lowest BCUT2D eigenvalue weighted by atomic mass is 9.87. The van der Waals surface area contributed by atoms with Crippen molar-refractivity contribution in [3.05, 3.63) is 0 Å². The minimum absolute atomic E-state index is 0.0170. The van der Waals surface area contributed by atoms with Crippen LogP contribution in [0.2, 0.25) is 0 Å². The van der Waals surface area contributed by atoms with Gasteiger partial charge in [0.2, 0.25) is 5.91 Å². The monoisotopic (exact) mass is 270 g/mol. The van der Waals surface area contributed by atoms with E-state index in [1.54, 1.807) is 6.92 Å². The number of rotatable bonds is 7. The Morgan fingerprint density at radius 3 is 2.53 bits per heavy atom. The molecule has 0 bridgehead atoms. The third-order valence-electron chi connectivity index (χ3n) is 3.48. The number of ether oxygens (including phenoxy) is 1. The number of hydrogen-bond donors (Lipinski definition) is 2. The van der Waals surface area contributed by atoms with Crippen molar-refractivity contribution >= 4 is 11.9 Å². The van der Waals surface area contributed by atoms with Crippen LogP contribution in [0.1, 0.15) is 46.0 Å². The highest BCUT2D eigenvalue weighted by molar-refractivity contribution is 5.78. The number of esters is 1. The van der Waals surface area contributed by atoms with Gasteiger partial charge in [0.25, 0.3) is 0 Å². The summed E-state index contributed by atoms with van der Waals surface area (Å²) in [5.41, 5.74) is 0. The number of amides is 1. The van der Waals surface area contributed by atoms with Gasteiger partial charge in [0.1, 0.15) is 0 Å². The van der Waals surface area contributed by atoms with E-state index in [0.29, 0.717) is 25.6 Å². The van der Waals surface area contributed by atoms with Crippen LogP contribution in [0, 0.1) is 5.92 Å². The van der Waals surface area contributed by atoms with Crippen LogP contribution >= 0.6 is 0 Å². The van der Waals surface area contributed by atoms with Gasteiger partial charge >= 0.3 is 5.97 Å². The highest BCUT2D eigenvalue weighted by Gasteiger charge is 2.19. The molecule has 1 aliphatic rings. The van der Waals surface area contributed by atoms with E-state index in [2.05, 4.69) is 17.6 Å². The van der Waals surface area contributed by atoms with Gasteiger partial charge < -0.3 is 15.4 Å². The average Bonchev–Trinajstić information content (AvgIpc) is 2.38.